The number of nitrogens with zero attached hydrogens (tertiary/aromatic N) is 1. The zero-order valence-electron chi connectivity index (χ0n) is 15.0. The summed E-state index contributed by atoms with van der Waals surface area (Å²) in [6.07, 6.45) is 0. The first-order chi connectivity index (χ1) is 11.8. The molecule has 0 aliphatic rings. The predicted octanol–water partition coefficient (Wildman–Crippen LogP) is 5.67. The average Bonchev–Trinajstić information content (AvgIpc) is 3.02. The van der Waals surface area contributed by atoms with Crippen molar-refractivity contribution in [1.82, 2.24) is 4.98 Å². The number of rotatable bonds is 3. The predicted molar refractivity (Wildman–Crippen MR) is 105 cm³/mol. The first-order valence-electron chi connectivity index (χ1n) is 8.27. The zero-order chi connectivity index (χ0) is 18.0. The Bertz CT molecular complexity index is 889. The van der Waals surface area contributed by atoms with E-state index in [-0.39, 0.29) is 11.3 Å². The number of hydrogen-bond donors (Lipinski definition) is 1. The Kier molecular flexibility index (Phi) is 4.73. The van der Waals surface area contributed by atoms with Crippen LogP contribution in [0.5, 0.6) is 0 Å². The lowest BCUT2D eigenvalue weighted by molar-refractivity contribution is 0.102. The van der Waals surface area contributed by atoms with Gasteiger partial charge in [0.2, 0.25) is 0 Å². The van der Waals surface area contributed by atoms with Crippen LogP contribution in [-0.4, -0.2) is 10.9 Å². The number of aromatic nitrogens is 1. The van der Waals surface area contributed by atoms with E-state index in [1.54, 1.807) is 0 Å². The van der Waals surface area contributed by atoms with Gasteiger partial charge < -0.3 is 0 Å². The molecule has 0 saturated heterocycles. The number of thiazole rings is 1. The first kappa shape index (κ1) is 17.4. The fraction of sp³-hybridized carbons (Fsp3) is 0.238. The van der Waals surface area contributed by atoms with E-state index in [1.807, 2.05) is 36.6 Å². The molecule has 0 bridgehead atoms. The molecular weight excluding hydrogens is 328 g/mol. The normalized spacial score (nSPS) is 11.4. The topological polar surface area (TPSA) is 42.0 Å². The number of benzene rings is 2. The van der Waals surface area contributed by atoms with Gasteiger partial charge in [0.25, 0.3) is 5.91 Å². The van der Waals surface area contributed by atoms with E-state index in [1.165, 1.54) is 16.9 Å². The SMILES string of the molecule is Cc1cccc(C(=O)Nc2nc(-c3ccc(C(C)(C)C)cc3)cs2)c1. The van der Waals surface area contributed by atoms with Crippen molar-refractivity contribution in [2.45, 2.75) is 33.1 Å². The minimum absolute atomic E-state index is 0.132. The number of carbonyl (C=O) groups excluding carboxylic acids is 1. The van der Waals surface area contributed by atoms with Gasteiger partial charge in [-0.25, -0.2) is 4.98 Å². The van der Waals surface area contributed by atoms with Crippen LogP contribution in [0.25, 0.3) is 11.3 Å². The summed E-state index contributed by atoms with van der Waals surface area (Å²) in [5, 5.41) is 5.46. The molecule has 1 N–H and O–H groups in total. The number of anilines is 1. The van der Waals surface area contributed by atoms with Crippen LogP contribution in [0.2, 0.25) is 0 Å². The molecule has 0 radical (unpaired) electrons. The van der Waals surface area contributed by atoms with E-state index in [0.29, 0.717) is 10.7 Å². The van der Waals surface area contributed by atoms with Crippen molar-refractivity contribution in [3.8, 4) is 11.3 Å². The first-order valence-corrected chi connectivity index (χ1v) is 9.15. The second-order valence-corrected chi connectivity index (χ2v) is 8.05. The summed E-state index contributed by atoms with van der Waals surface area (Å²) in [6, 6.07) is 16.0. The van der Waals surface area contributed by atoms with Crippen LogP contribution in [0.15, 0.2) is 53.9 Å². The number of carbonyl (C=O) groups is 1. The molecule has 4 heteroatoms. The number of nitrogens with one attached hydrogen (secondary N) is 1. The second-order valence-electron chi connectivity index (χ2n) is 7.19. The van der Waals surface area contributed by atoms with Crippen LogP contribution in [0.4, 0.5) is 5.13 Å². The molecule has 0 fully saturated rings. The third-order valence-corrected chi connectivity index (χ3v) is 4.81. The van der Waals surface area contributed by atoms with E-state index in [2.05, 4.69) is 55.3 Å². The van der Waals surface area contributed by atoms with Gasteiger partial charge in [0, 0.05) is 16.5 Å². The molecule has 25 heavy (non-hydrogen) atoms. The van der Waals surface area contributed by atoms with Crippen molar-refractivity contribution in [1.29, 1.82) is 0 Å². The molecule has 0 saturated carbocycles. The van der Waals surface area contributed by atoms with Gasteiger partial charge in [-0.1, -0.05) is 62.7 Å². The molecule has 2 aromatic carbocycles. The Morgan fingerprint density at radius 2 is 1.80 bits per heavy atom. The fourth-order valence-corrected chi connectivity index (χ4v) is 3.28. The molecule has 3 nitrogen and oxygen atoms in total. The largest absolute Gasteiger partial charge is 0.298 e. The van der Waals surface area contributed by atoms with Crippen LogP contribution in [-0.2, 0) is 5.41 Å². The van der Waals surface area contributed by atoms with Gasteiger partial charge >= 0.3 is 0 Å². The lowest BCUT2D eigenvalue weighted by Crippen LogP contribution is -2.11. The van der Waals surface area contributed by atoms with Crippen LogP contribution < -0.4 is 5.32 Å². The Morgan fingerprint density at radius 3 is 2.44 bits per heavy atom. The van der Waals surface area contributed by atoms with Gasteiger partial charge in [-0.05, 0) is 30.0 Å². The Balaban J connectivity index is 1.75. The van der Waals surface area contributed by atoms with Crippen molar-refractivity contribution in [2.75, 3.05) is 5.32 Å². The fourth-order valence-electron chi connectivity index (χ4n) is 2.56. The maximum absolute atomic E-state index is 12.3. The molecule has 0 aliphatic heterocycles. The molecule has 0 spiro atoms. The molecule has 1 aromatic heterocycles. The van der Waals surface area contributed by atoms with E-state index >= 15 is 0 Å². The molecule has 1 amide bonds. The highest BCUT2D eigenvalue weighted by Gasteiger charge is 2.14. The third kappa shape index (κ3) is 4.15. The smallest absolute Gasteiger partial charge is 0.257 e. The number of aryl methyl sites for hydroxylation is 1. The van der Waals surface area contributed by atoms with Gasteiger partial charge in [0.05, 0.1) is 5.69 Å². The molecule has 0 unspecified atom stereocenters. The minimum atomic E-state index is -0.132. The zero-order valence-corrected chi connectivity index (χ0v) is 15.8. The Labute approximate surface area is 152 Å². The summed E-state index contributed by atoms with van der Waals surface area (Å²) >= 11 is 1.44. The Hall–Kier alpha value is -2.46. The molecular formula is C21H22N2OS. The lowest BCUT2D eigenvalue weighted by Gasteiger charge is -2.18. The highest BCUT2D eigenvalue weighted by molar-refractivity contribution is 7.14. The molecule has 3 rings (SSSR count). The van der Waals surface area contributed by atoms with Gasteiger partial charge in [-0.2, -0.15) is 0 Å². The summed E-state index contributed by atoms with van der Waals surface area (Å²) < 4.78 is 0. The summed E-state index contributed by atoms with van der Waals surface area (Å²) in [5.41, 5.74) is 5.07. The van der Waals surface area contributed by atoms with Crippen LogP contribution in [0, 0.1) is 6.92 Å². The van der Waals surface area contributed by atoms with Gasteiger partial charge in [-0.3, -0.25) is 10.1 Å². The molecule has 1 heterocycles. The van der Waals surface area contributed by atoms with Crippen LogP contribution in [0.3, 0.4) is 0 Å². The molecule has 0 aliphatic carbocycles. The van der Waals surface area contributed by atoms with E-state index in [9.17, 15) is 4.79 Å². The van der Waals surface area contributed by atoms with Crippen molar-refractivity contribution in [3.63, 3.8) is 0 Å². The summed E-state index contributed by atoms with van der Waals surface area (Å²) in [4.78, 5) is 16.9. The van der Waals surface area contributed by atoms with E-state index in [4.69, 9.17) is 0 Å². The molecule has 0 atom stereocenters. The maximum Gasteiger partial charge on any atom is 0.257 e. The monoisotopic (exact) mass is 350 g/mol. The summed E-state index contributed by atoms with van der Waals surface area (Å²) in [6.45, 7) is 8.57. The van der Waals surface area contributed by atoms with Crippen molar-refractivity contribution >= 4 is 22.4 Å². The van der Waals surface area contributed by atoms with Crippen molar-refractivity contribution in [2.24, 2.45) is 0 Å². The van der Waals surface area contributed by atoms with Crippen molar-refractivity contribution < 1.29 is 4.79 Å². The second kappa shape index (κ2) is 6.81. The maximum atomic E-state index is 12.3. The summed E-state index contributed by atoms with van der Waals surface area (Å²) in [7, 11) is 0. The molecule has 128 valence electrons. The molecule has 3 aromatic rings. The van der Waals surface area contributed by atoms with Crippen LogP contribution >= 0.6 is 11.3 Å². The van der Waals surface area contributed by atoms with Gasteiger partial charge in [0.15, 0.2) is 5.13 Å². The minimum Gasteiger partial charge on any atom is -0.298 e. The van der Waals surface area contributed by atoms with Gasteiger partial charge in [-0.15, -0.1) is 11.3 Å². The number of hydrogen-bond acceptors (Lipinski definition) is 3. The average molecular weight is 350 g/mol. The lowest BCUT2D eigenvalue weighted by atomic mass is 9.86. The van der Waals surface area contributed by atoms with Crippen LogP contribution in [0.1, 0.15) is 42.3 Å². The van der Waals surface area contributed by atoms with Gasteiger partial charge in [0.1, 0.15) is 0 Å². The third-order valence-electron chi connectivity index (χ3n) is 4.05. The van der Waals surface area contributed by atoms with Crippen molar-refractivity contribution in [3.05, 3.63) is 70.6 Å². The van der Waals surface area contributed by atoms with E-state index in [0.717, 1.165) is 16.8 Å². The standard InChI is InChI=1S/C21H22N2OS/c1-14-6-5-7-16(12-14)19(24)23-20-22-18(13-25-20)15-8-10-17(11-9-15)21(2,3)4/h5-13H,1-4H3,(H,22,23,24). The number of amides is 1. The Morgan fingerprint density at radius 1 is 1.08 bits per heavy atom. The summed E-state index contributed by atoms with van der Waals surface area (Å²) in [5.74, 6) is -0.132. The quantitative estimate of drug-likeness (QED) is 0.661. The highest BCUT2D eigenvalue weighted by atomic mass is 32.1. The highest BCUT2D eigenvalue weighted by Crippen LogP contribution is 2.28. The van der Waals surface area contributed by atoms with E-state index < -0.39 is 0 Å².